The molecule has 1 N–H and O–H groups in total. The monoisotopic (exact) mass is 253 g/mol. The van der Waals surface area contributed by atoms with Crippen LogP contribution in [0.3, 0.4) is 0 Å². The van der Waals surface area contributed by atoms with E-state index in [0.717, 1.165) is 0 Å². The van der Waals surface area contributed by atoms with Crippen LogP contribution in [0.15, 0.2) is 17.5 Å². The van der Waals surface area contributed by atoms with Gasteiger partial charge in [0.05, 0.1) is 10.3 Å². The van der Waals surface area contributed by atoms with Gasteiger partial charge in [0.25, 0.3) is 5.91 Å². The normalized spacial score (nSPS) is 23.9. The van der Waals surface area contributed by atoms with E-state index in [4.69, 9.17) is 0 Å². The van der Waals surface area contributed by atoms with Crippen molar-refractivity contribution in [2.45, 2.75) is 19.8 Å². The summed E-state index contributed by atoms with van der Waals surface area (Å²) in [5.74, 6) is -0.835. The SMILES string of the molecule is CCC1(C(=O)O)CCN(C(=O)c2cccs2)C1. The molecular weight excluding hydrogens is 238 g/mol. The average molecular weight is 253 g/mol. The molecule has 1 aromatic heterocycles. The van der Waals surface area contributed by atoms with E-state index in [1.807, 2.05) is 18.4 Å². The molecule has 1 atom stereocenters. The van der Waals surface area contributed by atoms with Crippen molar-refractivity contribution in [1.29, 1.82) is 0 Å². The van der Waals surface area contributed by atoms with Crippen molar-refractivity contribution in [2.75, 3.05) is 13.1 Å². The zero-order valence-corrected chi connectivity index (χ0v) is 10.5. The number of carboxylic acids is 1. The number of thiophene rings is 1. The number of nitrogens with zero attached hydrogens (tertiary/aromatic N) is 1. The number of carbonyl (C=O) groups excluding carboxylic acids is 1. The van der Waals surface area contributed by atoms with Crippen LogP contribution >= 0.6 is 11.3 Å². The van der Waals surface area contributed by atoms with Crippen LogP contribution in [0.4, 0.5) is 0 Å². The Labute approximate surface area is 104 Å². The lowest BCUT2D eigenvalue weighted by Gasteiger charge is -2.22. The van der Waals surface area contributed by atoms with Crippen molar-refractivity contribution < 1.29 is 14.7 Å². The second-order valence-electron chi connectivity index (χ2n) is 4.39. The van der Waals surface area contributed by atoms with Gasteiger partial charge in [0.15, 0.2) is 0 Å². The molecule has 17 heavy (non-hydrogen) atoms. The Morgan fingerprint density at radius 1 is 1.59 bits per heavy atom. The van der Waals surface area contributed by atoms with Crippen molar-refractivity contribution >= 4 is 23.2 Å². The highest BCUT2D eigenvalue weighted by Gasteiger charge is 2.44. The molecule has 0 aromatic carbocycles. The first-order valence-electron chi connectivity index (χ1n) is 5.65. The number of rotatable bonds is 3. The van der Waals surface area contributed by atoms with Gasteiger partial charge >= 0.3 is 5.97 Å². The fraction of sp³-hybridized carbons (Fsp3) is 0.500. The Balaban J connectivity index is 2.12. The molecule has 0 saturated carbocycles. The smallest absolute Gasteiger partial charge is 0.311 e. The lowest BCUT2D eigenvalue weighted by atomic mass is 9.84. The first-order chi connectivity index (χ1) is 8.09. The molecular formula is C12H15NO3S. The summed E-state index contributed by atoms with van der Waals surface area (Å²) in [6, 6.07) is 3.61. The van der Waals surface area contributed by atoms with Gasteiger partial charge in [-0.3, -0.25) is 9.59 Å². The van der Waals surface area contributed by atoms with Crippen LogP contribution in [0.5, 0.6) is 0 Å². The third kappa shape index (κ3) is 2.07. The molecule has 2 rings (SSSR count). The molecule has 1 fully saturated rings. The highest BCUT2D eigenvalue weighted by molar-refractivity contribution is 7.12. The van der Waals surface area contributed by atoms with E-state index in [1.165, 1.54) is 11.3 Å². The van der Waals surface area contributed by atoms with E-state index in [2.05, 4.69) is 0 Å². The number of aliphatic carboxylic acids is 1. The van der Waals surface area contributed by atoms with E-state index in [1.54, 1.807) is 11.0 Å². The van der Waals surface area contributed by atoms with Crippen LogP contribution in [-0.4, -0.2) is 35.0 Å². The van der Waals surface area contributed by atoms with Crippen molar-refractivity contribution in [1.82, 2.24) is 4.90 Å². The number of hydrogen-bond donors (Lipinski definition) is 1. The molecule has 0 aliphatic carbocycles. The van der Waals surface area contributed by atoms with Gasteiger partial charge < -0.3 is 10.0 Å². The van der Waals surface area contributed by atoms with E-state index in [-0.39, 0.29) is 5.91 Å². The van der Waals surface area contributed by atoms with Crippen LogP contribution in [0.25, 0.3) is 0 Å². The molecule has 1 saturated heterocycles. The lowest BCUT2D eigenvalue weighted by Crippen LogP contribution is -2.36. The molecule has 1 aliphatic heterocycles. The molecule has 2 heterocycles. The van der Waals surface area contributed by atoms with Gasteiger partial charge in [-0.05, 0) is 24.3 Å². The van der Waals surface area contributed by atoms with Gasteiger partial charge in [0.2, 0.25) is 0 Å². The molecule has 1 amide bonds. The molecule has 1 aromatic rings. The zero-order valence-electron chi connectivity index (χ0n) is 9.68. The van der Waals surface area contributed by atoms with E-state index in [9.17, 15) is 14.7 Å². The summed E-state index contributed by atoms with van der Waals surface area (Å²) >= 11 is 1.40. The van der Waals surface area contributed by atoms with Crippen molar-refractivity contribution in [3.8, 4) is 0 Å². The van der Waals surface area contributed by atoms with Gasteiger partial charge in [-0.1, -0.05) is 13.0 Å². The summed E-state index contributed by atoms with van der Waals surface area (Å²) in [6.45, 7) is 2.74. The van der Waals surface area contributed by atoms with Crippen LogP contribution < -0.4 is 0 Å². The van der Waals surface area contributed by atoms with E-state index >= 15 is 0 Å². The number of carboxylic acid groups (broad SMARTS) is 1. The minimum Gasteiger partial charge on any atom is -0.481 e. The first kappa shape index (κ1) is 12.1. The zero-order chi connectivity index (χ0) is 12.5. The standard InChI is InChI=1S/C12H15NO3S/c1-2-12(11(15)16)5-6-13(8-12)10(14)9-4-3-7-17-9/h3-4,7H,2,5-6,8H2,1H3,(H,15,16). The third-order valence-electron chi connectivity index (χ3n) is 3.50. The molecule has 1 aliphatic rings. The Morgan fingerprint density at radius 3 is 2.82 bits per heavy atom. The van der Waals surface area contributed by atoms with E-state index < -0.39 is 11.4 Å². The molecule has 0 radical (unpaired) electrons. The van der Waals surface area contributed by atoms with Crippen LogP contribution in [0, 0.1) is 5.41 Å². The van der Waals surface area contributed by atoms with Gasteiger partial charge in [-0.15, -0.1) is 11.3 Å². The summed E-state index contributed by atoms with van der Waals surface area (Å²) in [5, 5.41) is 11.1. The topological polar surface area (TPSA) is 57.6 Å². The maximum Gasteiger partial charge on any atom is 0.311 e. The first-order valence-corrected chi connectivity index (χ1v) is 6.53. The average Bonchev–Trinajstić information content (AvgIpc) is 2.98. The third-order valence-corrected chi connectivity index (χ3v) is 4.36. The second-order valence-corrected chi connectivity index (χ2v) is 5.34. The molecule has 1 unspecified atom stereocenters. The fourth-order valence-electron chi connectivity index (χ4n) is 2.22. The Hall–Kier alpha value is -1.36. The summed E-state index contributed by atoms with van der Waals surface area (Å²) in [6.07, 6.45) is 1.12. The summed E-state index contributed by atoms with van der Waals surface area (Å²) in [5.41, 5.74) is -0.743. The minimum atomic E-state index is -0.790. The highest BCUT2D eigenvalue weighted by Crippen LogP contribution is 2.35. The van der Waals surface area contributed by atoms with Crippen LogP contribution in [0.2, 0.25) is 0 Å². The van der Waals surface area contributed by atoms with Crippen molar-refractivity contribution in [3.05, 3.63) is 22.4 Å². The predicted molar refractivity (Wildman–Crippen MR) is 65.2 cm³/mol. The molecule has 0 bridgehead atoms. The highest BCUT2D eigenvalue weighted by atomic mass is 32.1. The predicted octanol–water partition coefficient (Wildman–Crippen LogP) is 2.08. The quantitative estimate of drug-likeness (QED) is 0.897. The molecule has 0 spiro atoms. The van der Waals surface area contributed by atoms with Crippen molar-refractivity contribution in [3.63, 3.8) is 0 Å². The Morgan fingerprint density at radius 2 is 2.35 bits per heavy atom. The number of amides is 1. The maximum atomic E-state index is 12.1. The molecule has 4 nitrogen and oxygen atoms in total. The van der Waals surface area contributed by atoms with Gasteiger partial charge in [-0.2, -0.15) is 0 Å². The number of carbonyl (C=O) groups is 2. The Kier molecular flexibility index (Phi) is 3.19. The van der Waals surface area contributed by atoms with Crippen molar-refractivity contribution in [2.24, 2.45) is 5.41 Å². The van der Waals surface area contributed by atoms with Gasteiger partial charge in [0, 0.05) is 13.1 Å². The summed E-state index contributed by atoms with van der Waals surface area (Å²) < 4.78 is 0. The number of likely N-dealkylation sites (tertiary alicyclic amines) is 1. The number of hydrogen-bond acceptors (Lipinski definition) is 3. The largest absolute Gasteiger partial charge is 0.481 e. The Bertz CT molecular complexity index is 429. The minimum absolute atomic E-state index is 0.0448. The second kappa shape index (κ2) is 4.49. The summed E-state index contributed by atoms with van der Waals surface area (Å²) in [7, 11) is 0. The molecule has 5 heteroatoms. The van der Waals surface area contributed by atoms with E-state index in [0.29, 0.717) is 30.8 Å². The lowest BCUT2D eigenvalue weighted by molar-refractivity contribution is -0.148. The van der Waals surface area contributed by atoms with Gasteiger partial charge in [0.1, 0.15) is 0 Å². The molecule has 92 valence electrons. The van der Waals surface area contributed by atoms with Crippen LogP contribution in [0.1, 0.15) is 29.4 Å². The fourth-order valence-corrected chi connectivity index (χ4v) is 2.91. The summed E-state index contributed by atoms with van der Waals surface area (Å²) in [4.78, 5) is 25.7. The van der Waals surface area contributed by atoms with Gasteiger partial charge in [-0.25, -0.2) is 0 Å². The van der Waals surface area contributed by atoms with Crippen LogP contribution in [-0.2, 0) is 4.79 Å². The maximum absolute atomic E-state index is 12.1.